The van der Waals surface area contributed by atoms with Crippen molar-refractivity contribution < 1.29 is 28.6 Å². The van der Waals surface area contributed by atoms with Crippen LogP contribution in [0, 0.1) is 0 Å². The number of aliphatic hydroxyl groups excluding tert-OH is 1. The molecule has 1 aliphatic rings. The number of unbranched alkanes of at least 4 members (excludes halogenated alkanes) is 2. The van der Waals surface area contributed by atoms with Crippen molar-refractivity contribution in [1.82, 2.24) is 4.90 Å². The fraction of sp³-hybridized carbons (Fsp3) is 0.273. The van der Waals surface area contributed by atoms with Crippen LogP contribution < -0.4 is 9.47 Å². The van der Waals surface area contributed by atoms with Crippen molar-refractivity contribution in [2.75, 3.05) is 20.3 Å². The molecule has 4 aromatic rings. The number of rotatable bonds is 12. The van der Waals surface area contributed by atoms with Crippen molar-refractivity contribution >= 4 is 22.7 Å². The Balaban J connectivity index is 1.52. The van der Waals surface area contributed by atoms with Crippen LogP contribution in [0.3, 0.4) is 0 Å². The molecule has 1 amide bonds. The van der Waals surface area contributed by atoms with Crippen LogP contribution in [0.25, 0.3) is 11.0 Å². The van der Waals surface area contributed by atoms with Gasteiger partial charge in [-0.15, -0.1) is 0 Å². The van der Waals surface area contributed by atoms with E-state index >= 15 is 0 Å². The molecule has 206 valence electrons. The summed E-state index contributed by atoms with van der Waals surface area (Å²) in [5.74, 6) is -0.560. The Bertz CT molecular complexity index is 1500. The molecule has 2 heterocycles. The van der Waals surface area contributed by atoms with Gasteiger partial charge in [-0.2, -0.15) is 0 Å². The smallest absolute Gasteiger partial charge is 0.290 e. The third kappa shape index (κ3) is 5.45. The van der Waals surface area contributed by atoms with Crippen molar-refractivity contribution in [2.24, 2.45) is 0 Å². The molecule has 1 atom stereocenters. The van der Waals surface area contributed by atoms with Crippen molar-refractivity contribution in [3.8, 4) is 11.5 Å². The number of hydrogen-bond donors (Lipinski definition) is 1. The Morgan fingerprint density at radius 2 is 1.75 bits per heavy atom. The topological polar surface area (TPSA) is 89.2 Å². The fourth-order valence-corrected chi connectivity index (χ4v) is 5.09. The molecule has 0 aliphatic carbocycles. The maximum atomic E-state index is 13.9. The second kappa shape index (κ2) is 12.1. The number of amides is 1. The van der Waals surface area contributed by atoms with Gasteiger partial charge in [0.1, 0.15) is 5.58 Å². The summed E-state index contributed by atoms with van der Waals surface area (Å²) in [6, 6.07) is 23.3. The number of methoxy groups -OCH3 is 1. The SMILES string of the molecule is CCCCCOc1ccc([C@H]2C(C(=O)c3cc4ccccc4o3)=C(O)C(=O)N2CCc2ccccc2)cc1OC. The van der Waals surface area contributed by atoms with Crippen molar-refractivity contribution in [3.05, 3.63) is 107 Å². The fourth-order valence-electron chi connectivity index (χ4n) is 5.09. The molecule has 0 saturated heterocycles. The van der Waals surface area contributed by atoms with Crippen molar-refractivity contribution in [2.45, 2.75) is 38.6 Å². The molecule has 0 radical (unpaired) electrons. The van der Waals surface area contributed by atoms with Gasteiger partial charge >= 0.3 is 0 Å². The summed E-state index contributed by atoms with van der Waals surface area (Å²) in [4.78, 5) is 28.8. The molecule has 1 aliphatic heterocycles. The number of carbonyl (C=O) groups excluding carboxylic acids is 2. The van der Waals surface area contributed by atoms with E-state index in [-0.39, 0.29) is 11.3 Å². The standard InChI is InChI=1S/C33H33NO6/c1-3-4-10-19-39-26-16-15-24(21-27(26)38-2)30-29(31(35)28-20-23-13-8-9-14-25(23)40-28)32(36)33(37)34(30)18-17-22-11-6-5-7-12-22/h5-9,11-16,20-21,30,36H,3-4,10,17-19H2,1-2H3/t30-/m0/s1. The summed E-state index contributed by atoms with van der Waals surface area (Å²) >= 11 is 0. The molecule has 7 heteroatoms. The first-order valence-electron chi connectivity index (χ1n) is 13.6. The lowest BCUT2D eigenvalue weighted by atomic mass is 9.94. The Hall–Kier alpha value is -4.52. The largest absolute Gasteiger partial charge is 0.503 e. The summed E-state index contributed by atoms with van der Waals surface area (Å²) in [7, 11) is 1.55. The van der Waals surface area contributed by atoms with Crippen molar-refractivity contribution in [3.63, 3.8) is 0 Å². The predicted octanol–water partition coefficient (Wildman–Crippen LogP) is 6.83. The first-order chi connectivity index (χ1) is 19.5. The molecule has 0 saturated carbocycles. The van der Waals surface area contributed by atoms with Crippen LogP contribution in [0.1, 0.15) is 53.9 Å². The lowest BCUT2D eigenvalue weighted by Crippen LogP contribution is -2.33. The third-order valence-corrected chi connectivity index (χ3v) is 7.19. The zero-order valence-electron chi connectivity index (χ0n) is 22.8. The average Bonchev–Trinajstić information content (AvgIpc) is 3.53. The Morgan fingerprint density at radius 1 is 0.975 bits per heavy atom. The zero-order chi connectivity index (χ0) is 28.1. The number of ketones is 1. The van der Waals surface area contributed by atoms with Gasteiger partial charge in [0.2, 0.25) is 5.78 Å². The second-order valence-electron chi connectivity index (χ2n) is 9.84. The van der Waals surface area contributed by atoms with Crippen LogP contribution in [0.15, 0.2) is 94.6 Å². The molecule has 5 rings (SSSR count). The molecular weight excluding hydrogens is 506 g/mol. The van der Waals surface area contributed by atoms with Gasteiger partial charge in [-0.05, 0) is 48.2 Å². The number of para-hydroxylation sites is 1. The van der Waals surface area contributed by atoms with Gasteiger partial charge in [0.25, 0.3) is 5.91 Å². The summed E-state index contributed by atoms with van der Waals surface area (Å²) in [6.45, 7) is 2.99. The number of carbonyl (C=O) groups is 2. The van der Waals surface area contributed by atoms with Gasteiger partial charge in [0, 0.05) is 11.9 Å². The maximum absolute atomic E-state index is 13.9. The van der Waals surface area contributed by atoms with E-state index in [4.69, 9.17) is 13.9 Å². The van der Waals surface area contributed by atoms with Crippen LogP contribution >= 0.6 is 0 Å². The minimum Gasteiger partial charge on any atom is -0.503 e. The summed E-state index contributed by atoms with van der Waals surface area (Å²) in [6.07, 6.45) is 3.64. The van der Waals surface area contributed by atoms with Gasteiger partial charge in [-0.1, -0.05) is 74.4 Å². The number of Topliss-reactive ketones (excluding diaryl/α,β-unsaturated/α-hetero) is 1. The molecule has 1 aromatic heterocycles. The van der Waals surface area contributed by atoms with Gasteiger partial charge in [-0.25, -0.2) is 0 Å². The Kier molecular flexibility index (Phi) is 8.20. The number of nitrogens with zero attached hydrogens (tertiary/aromatic N) is 1. The van der Waals surface area contributed by atoms with Crippen LogP contribution in [0.4, 0.5) is 0 Å². The van der Waals surface area contributed by atoms with Gasteiger partial charge in [0.15, 0.2) is 23.0 Å². The van der Waals surface area contributed by atoms with Gasteiger partial charge in [0.05, 0.1) is 25.3 Å². The second-order valence-corrected chi connectivity index (χ2v) is 9.84. The number of benzene rings is 3. The van der Waals surface area contributed by atoms with E-state index in [0.717, 1.165) is 30.2 Å². The van der Waals surface area contributed by atoms with Crippen LogP contribution in [0.2, 0.25) is 0 Å². The van der Waals surface area contributed by atoms with Crippen LogP contribution in [0.5, 0.6) is 11.5 Å². The van der Waals surface area contributed by atoms with E-state index < -0.39 is 23.5 Å². The highest BCUT2D eigenvalue weighted by molar-refractivity contribution is 6.16. The van der Waals surface area contributed by atoms with Gasteiger partial charge in [-0.3, -0.25) is 9.59 Å². The highest BCUT2D eigenvalue weighted by Crippen LogP contribution is 2.42. The monoisotopic (exact) mass is 539 g/mol. The van der Waals surface area contributed by atoms with Crippen LogP contribution in [-0.2, 0) is 11.2 Å². The lowest BCUT2D eigenvalue weighted by Gasteiger charge is -2.27. The maximum Gasteiger partial charge on any atom is 0.290 e. The molecule has 0 spiro atoms. The molecule has 0 bridgehead atoms. The predicted molar refractivity (Wildman–Crippen MR) is 153 cm³/mol. The highest BCUT2D eigenvalue weighted by atomic mass is 16.5. The van der Waals surface area contributed by atoms with Crippen LogP contribution in [-0.4, -0.2) is 42.0 Å². The number of aliphatic hydroxyl groups is 1. The average molecular weight is 540 g/mol. The Morgan fingerprint density at radius 3 is 2.50 bits per heavy atom. The minimum absolute atomic E-state index is 0.0178. The lowest BCUT2D eigenvalue weighted by molar-refractivity contribution is -0.129. The number of hydrogen-bond acceptors (Lipinski definition) is 6. The number of ether oxygens (including phenoxy) is 2. The van der Waals surface area contributed by atoms with E-state index in [2.05, 4.69) is 6.92 Å². The van der Waals surface area contributed by atoms with E-state index in [9.17, 15) is 14.7 Å². The third-order valence-electron chi connectivity index (χ3n) is 7.19. The molecule has 3 aromatic carbocycles. The molecule has 0 fully saturated rings. The molecular formula is C33H33NO6. The summed E-state index contributed by atoms with van der Waals surface area (Å²) < 4.78 is 17.4. The normalized spacial score (nSPS) is 15.2. The minimum atomic E-state index is -0.833. The summed E-state index contributed by atoms with van der Waals surface area (Å²) in [5, 5.41) is 11.8. The number of furan rings is 1. The Labute approximate surface area is 233 Å². The molecule has 40 heavy (non-hydrogen) atoms. The molecule has 0 unspecified atom stereocenters. The summed E-state index contributed by atoms with van der Waals surface area (Å²) in [5.41, 5.74) is 2.21. The number of fused-ring (bicyclic) bond motifs is 1. The van der Waals surface area contributed by atoms with E-state index in [1.54, 1.807) is 31.4 Å². The molecule has 1 N–H and O–H groups in total. The van der Waals surface area contributed by atoms with E-state index in [0.29, 0.717) is 42.2 Å². The first-order valence-corrected chi connectivity index (χ1v) is 13.6. The van der Waals surface area contributed by atoms with E-state index in [1.165, 1.54) is 4.90 Å². The highest BCUT2D eigenvalue weighted by Gasteiger charge is 2.44. The van der Waals surface area contributed by atoms with E-state index in [1.807, 2.05) is 54.6 Å². The van der Waals surface area contributed by atoms with Gasteiger partial charge < -0.3 is 23.9 Å². The first kappa shape index (κ1) is 27.1. The quantitative estimate of drug-likeness (QED) is 0.157. The van der Waals surface area contributed by atoms with Crippen molar-refractivity contribution in [1.29, 1.82) is 0 Å². The molecule has 7 nitrogen and oxygen atoms in total. The zero-order valence-corrected chi connectivity index (χ0v) is 22.8.